The van der Waals surface area contributed by atoms with Crippen molar-refractivity contribution in [2.45, 2.75) is 26.3 Å². The van der Waals surface area contributed by atoms with Gasteiger partial charge in [0.1, 0.15) is 11.5 Å². The standard InChI is InChI=1S/C24H27NO5/c1-4-13-30-19-11-10-18(15-16(19)2)22(26)20-21(17-8-6-5-7-9-17)25(12-14-29-3)24(28)23(20)27/h5-11,15,21,26H,4,12-14H2,1-3H3/b22-20-. The molecule has 6 nitrogen and oxygen atoms in total. The maximum Gasteiger partial charge on any atom is 0.295 e. The van der Waals surface area contributed by atoms with Crippen LogP contribution >= 0.6 is 0 Å². The fourth-order valence-corrected chi connectivity index (χ4v) is 3.61. The molecule has 1 fully saturated rings. The molecule has 0 aromatic heterocycles. The summed E-state index contributed by atoms with van der Waals surface area (Å²) in [7, 11) is 1.54. The number of aliphatic hydroxyl groups is 1. The molecule has 0 spiro atoms. The normalized spacial score (nSPS) is 18.1. The maximum absolute atomic E-state index is 12.9. The van der Waals surface area contributed by atoms with Crippen LogP contribution in [0.5, 0.6) is 5.75 Å². The summed E-state index contributed by atoms with van der Waals surface area (Å²) in [4.78, 5) is 27.1. The molecule has 0 radical (unpaired) electrons. The zero-order valence-corrected chi connectivity index (χ0v) is 17.6. The smallest absolute Gasteiger partial charge is 0.295 e. The van der Waals surface area contributed by atoms with E-state index in [9.17, 15) is 14.7 Å². The molecule has 158 valence electrons. The van der Waals surface area contributed by atoms with E-state index in [4.69, 9.17) is 9.47 Å². The second kappa shape index (κ2) is 9.59. The number of methoxy groups -OCH3 is 1. The molecule has 1 unspecified atom stereocenters. The molecule has 1 heterocycles. The molecule has 0 saturated carbocycles. The first-order chi connectivity index (χ1) is 14.5. The van der Waals surface area contributed by atoms with Crippen molar-refractivity contribution < 1.29 is 24.2 Å². The van der Waals surface area contributed by atoms with Gasteiger partial charge < -0.3 is 19.5 Å². The van der Waals surface area contributed by atoms with Crippen LogP contribution in [0.2, 0.25) is 0 Å². The van der Waals surface area contributed by atoms with Crippen molar-refractivity contribution in [3.8, 4) is 5.75 Å². The van der Waals surface area contributed by atoms with E-state index in [0.29, 0.717) is 18.8 Å². The average Bonchev–Trinajstić information content (AvgIpc) is 3.01. The number of rotatable bonds is 8. The number of hydrogen-bond donors (Lipinski definition) is 1. The Kier molecular flexibility index (Phi) is 6.90. The molecule has 3 rings (SSSR count). The monoisotopic (exact) mass is 409 g/mol. The fourth-order valence-electron chi connectivity index (χ4n) is 3.61. The molecular weight excluding hydrogens is 382 g/mol. The lowest BCUT2D eigenvalue weighted by Gasteiger charge is -2.25. The van der Waals surface area contributed by atoms with Crippen molar-refractivity contribution in [3.63, 3.8) is 0 Å². The lowest BCUT2D eigenvalue weighted by atomic mass is 9.95. The van der Waals surface area contributed by atoms with Crippen molar-refractivity contribution in [3.05, 3.63) is 70.8 Å². The highest BCUT2D eigenvalue weighted by atomic mass is 16.5. The molecule has 1 amide bonds. The van der Waals surface area contributed by atoms with Gasteiger partial charge in [0.15, 0.2) is 0 Å². The van der Waals surface area contributed by atoms with Crippen LogP contribution in [-0.4, -0.2) is 48.6 Å². The van der Waals surface area contributed by atoms with Gasteiger partial charge in [0.05, 0.1) is 24.8 Å². The van der Waals surface area contributed by atoms with E-state index in [2.05, 4.69) is 0 Å². The molecule has 2 aromatic rings. The lowest BCUT2D eigenvalue weighted by Crippen LogP contribution is -2.32. The number of carbonyl (C=O) groups is 2. The van der Waals surface area contributed by atoms with E-state index >= 15 is 0 Å². The molecule has 0 bridgehead atoms. The van der Waals surface area contributed by atoms with Gasteiger partial charge in [-0.05, 0) is 42.7 Å². The predicted octanol–water partition coefficient (Wildman–Crippen LogP) is 3.85. The number of Topliss-reactive ketones (excluding diaryl/α,β-unsaturated/α-hetero) is 1. The summed E-state index contributed by atoms with van der Waals surface area (Å²) in [6.45, 7) is 5.05. The van der Waals surface area contributed by atoms with Gasteiger partial charge in [-0.15, -0.1) is 0 Å². The van der Waals surface area contributed by atoms with Gasteiger partial charge in [-0.3, -0.25) is 9.59 Å². The lowest BCUT2D eigenvalue weighted by molar-refractivity contribution is -0.140. The second-order valence-electron chi connectivity index (χ2n) is 7.22. The van der Waals surface area contributed by atoms with Gasteiger partial charge in [-0.25, -0.2) is 0 Å². The number of amides is 1. The van der Waals surface area contributed by atoms with Crippen LogP contribution in [0.3, 0.4) is 0 Å². The van der Waals surface area contributed by atoms with Crippen LogP contribution in [0.15, 0.2) is 54.1 Å². The SMILES string of the molecule is CCCOc1ccc(/C(O)=C2/C(=O)C(=O)N(CCOC)C2c2ccccc2)cc1C. The van der Waals surface area contributed by atoms with Crippen molar-refractivity contribution in [2.24, 2.45) is 0 Å². The third-order valence-electron chi connectivity index (χ3n) is 5.10. The Hall–Kier alpha value is -3.12. The number of nitrogens with zero attached hydrogens (tertiary/aromatic N) is 1. The Balaban J connectivity index is 2.08. The maximum atomic E-state index is 12.9. The molecule has 6 heteroatoms. The zero-order chi connectivity index (χ0) is 21.7. The molecule has 1 N–H and O–H groups in total. The Morgan fingerprint density at radius 3 is 2.47 bits per heavy atom. The zero-order valence-electron chi connectivity index (χ0n) is 17.6. The number of benzene rings is 2. The van der Waals surface area contributed by atoms with Crippen LogP contribution in [0, 0.1) is 6.92 Å². The van der Waals surface area contributed by atoms with Crippen molar-refractivity contribution in [1.29, 1.82) is 0 Å². The molecule has 1 aliphatic rings. The quantitative estimate of drug-likeness (QED) is 0.407. The number of ether oxygens (including phenoxy) is 2. The predicted molar refractivity (Wildman–Crippen MR) is 114 cm³/mol. The van der Waals surface area contributed by atoms with E-state index in [-0.39, 0.29) is 17.9 Å². The Labute approximate surface area is 176 Å². The van der Waals surface area contributed by atoms with Gasteiger partial charge >= 0.3 is 0 Å². The number of aliphatic hydroxyl groups excluding tert-OH is 1. The van der Waals surface area contributed by atoms with E-state index in [1.54, 1.807) is 25.3 Å². The molecule has 1 aliphatic heterocycles. The van der Waals surface area contributed by atoms with Crippen LogP contribution in [-0.2, 0) is 14.3 Å². The molecule has 0 aliphatic carbocycles. The van der Waals surface area contributed by atoms with Crippen molar-refractivity contribution >= 4 is 17.4 Å². The van der Waals surface area contributed by atoms with Gasteiger partial charge in [0.2, 0.25) is 0 Å². The van der Waals surface area contributed by atoms with Crippen molar-refractivity contribution in [1.82, 2.24) is 4.90 Å². The van der Waals surface area contributed by atoms with Crippen LogP contribution in [0.1, 0.15) is 36.1 Å². The molecule has 2 aromatic carbocycles. The largest absolute Gasteiger partial charge is 0.507 e. The minimum atomic E-state index is -0.693. The fraction of sp³-hybridized carbons (Fsp3) is 0.333. The minimum Gasteiger partial charge on any atom is -0.507 e. The van der Waals surface area contributed by atoms with E-state index in [1.165, 1.54) is 4.90 Å². The Morgan fingerprint density at radius 2 is 1.83 bits per heavy atom. The molecule has 1 atom stereocenters. The number of ketones is 1. The first kappa shape index (κ1) is 21.6. The summed E-state index contributed by atoms with van der Waals surface area (Å²) >= 11 is 0. The van der Waals surface area contributed by atoms with Gasteiger partial charge in [0, 0.05) is 19.2 Å². The number of likely N-dealkylation sites (tertiary alicyclic amines) is 1. The first-order valence-electron chi connectivity index (χ1n) is 10.1. The highest BCUT2D eigenvalue weighted by Gasteiger charge is 2.45. The second-order valence-corrected chi connectivity index (χ2v) is 7.22. The highest BCUT2D eigenvalue weighted by molar-refractivity contribution is 6.46. The van der Waals surface area contributed by atoms with Crippen molar-refractivity contribution in [2.75, 3.05) is 26.9 Å². The topological polar surface area (TPSA) is 76.1 Å². The summed E-state index contributed by atoms with van der Waals surface area (Å²) in [5.74, 6) is -0.788. The summed E-state index contributed by atoms with van der Waals surface area (Å²) in [5.41, 5.74) is 2.16. The van der Waals surface area contributed by atoms with Gasteiger partial charge in [-0.1, -0.05) is 37.3 Å². The molecular formula is C24H27NO5. The van der Waals surface area contributed by atoms with Crippen LogP contribution in [0.4, 0.5) is 0 Å². The van der Waals surface area contributed by atoms with E-state index < -0.39 is 17.7 Å². The number of aryl methyl sites for hydroxylation is 1. The van der Waals surface area contributed by atoms with Gasteiger partial charge in [0.25, 0.3) is 11.7 Å². The summed E-state index contributed by atoms with van der Waals surface area (Å²) in [6, 6.07) is 13.8. The molecule has 30 heavy (non-hydrogen) atoms. The van der Waals surface area contributed by atoms with E-state index in [0.717, 1.165) is 23.3 Å². The Morgan fingerprint density at radius 1 is 1.10 bits per heavy atom. The van der Waals surface area contributed by atoms with E-state index in [1.807, 2.05) is 44.2 Å². The third kappa shape index (κ3) is 4.24. The van der Waals surface area contributed by atoms with Crippen LogP contribution < -0.4 is 4.74 Å². The first-order valence-corrected chi connectivity index (χ1v) is 10.1. The summed E-state index contributed by atoms with van der Waals surface area (Å²) in [5, 5.41) is 11.1. The highest BCUT2D eigenvalue weighted by Crippen LogP contribution is 2.39. The Bertz CT molecular complexity index is 951. The molecule has 1 saturated heterocycles. The van der Waals surface area contributed by atoms with Crippen LogP contribution in [0.25, 0.3) is 5.76 Å². The number of carbonyl (C=O) groups excluding carboxylic acids is 2. The average molecular weight is 409 g/mol. The minimum absolute atomic E-state index is 0.0870. The van der Waals surface area contributed by atoms with Gasteiger partial charge in [-0.2, -0.15) is 0 Å². The summed E-state index contributed by atoms with van der Waals surface area (Å²) in [6.07, 6.45) is 0.892. The number of hydrogen-bond acceptors (Lipinski definition) is 5. The third-order valence-corrected chi connectivity index (χ3v) is 5.10. The summed E-state index contributed by atoms with van der Waals surface area (Å²) < 4.78 is 10.8.